The molecule has 1 N–H and O–H groups in total. The maximum Gasteiger partial charge on any atom is 0.174 e. The lowest BCUT2D eigenvalue weighted by Gasteiger charge is -2.33. The van der Waals surface area contributed by atoms with Gasteiger partial charge < -0.3 is 24.4 Å². The first-order valence-electron chi connectivity index (χ1n) is 13.4. The number of ether oxygens (including phenoxy) is 1. The van der Waals surface area contributed by atoms with E-state index in [-0.39, 0.29) is 12.1 Å². The molecule has 2 atom stereocenters. The fourth-order valence-electron chi connectivity index (χ4n) is 5.70. The Morgan fingerprint density at radius 1 is 0.974 bits per heavy atom. The summed E-state index contributed by atoms with van der Waals surface area (Å²) in [5.41, 5.74) is 5.11. The number of pyridine rings is 1. The summed E-state index contributed by atoms with van der Waals surface area (Å²) in [6, 6.07) is 24.3. The zero-order valence-electron chi connectivity index (χ0n) is 22.1. The number of hydrogen-bond acceptors (Lipinski definition) is 4. The Morgan fingerprint density at radius 2 is 1.74 bits per heavy atom. The van der Waals surface area contributed by atoms with E-state index in [0.29, 0.717) is 5.11 Å². The Labute approximate surface area is 240 Å². The van der Waals surface area contributed by atoms with Crippen LogP contribution >= 0.6 is 23.8 Å². The number of hydrogen-bond donors (Lipinski definition) is 1. The third-order valence-corrected chi connectivity index (χ3v) is 8.48. The number of thiocarbonyl (C=S) groups is 1. The van der Waals surface area contributed by atoms with E-state index in [2.05, 4.69) is 75.3 Å². The van der Waals surface area contributed by atoms with E-state index < -0.39 is 0 Å². The van der Waals surface area contributed by atoms with Crippen molar-refractivity contribution in [1.29, 1.82) is 0 Å². The summed E-state index contributed by atoms with van der Waals surface area (Å²) in [4.78, 5) is 9.28. The average Bonchev–Trinajstić information content (AvgIpc) is 3.58. The molecule has 0 unspecified atom stereocenters. The zero-order chi connectivity index (χ0) is 26.9. The van der Waals surface area contributed by atoms with Gasteiger partial charge in [0.15, 0.2) is 5.11 Å². The number of nitrogens with one attached hydrogen (secondary N) is 1. The number of methoxy groups -OCH3 is 1. The number of rotatable bonds is 6. The van der Waals surface area contributed by atoms with Crippen molar-refractivity contribution >= 4 is 40.3 Å². The molecular weight excluding hydrogens is 526 g/mol. The topological polar surface area (TPSA) is 45.6 Å². The summed E-state index contributed by atoms with van der Waals surface area (Å²) in [7, 11) is 1.68. The van der Waals surface area contributed by atoms with Gasteiger partial charge in [-0.2, -0.15) is 0 Å². The van der Waals surface area contributed by atoms with Crippen molar-refractivity contribution in [3.8, 4) is 11.4 Å². The molecule has 6 nitrogen and oxygen atoms in total. The molecule has 2 aromatic heterocycles. The van der Waals surface area contributed by atoms with Crippen LogP contribution in [0.15, 0.2) is 85.2 Å². The third-order valence-electron chi connectivity index (χ3n) is 7.87. The zero-order valence-corrected chi connectivity index (χ0v) is 23.7. The van der Waals surface area contributed by atoms with Crippen LogP contribution in [-0.4, -0.2) is 34.9 Å². The first-order valence-corrected chi connectivity index (χ1v) is 14.2. The van der Waals surface area contributed by atoms with Gasteiger partial charge >= 0.3 is 0 Å². The summed E-state index contributed by atoms with van der Waals surface area (Å²) >= 11 is 12.9. The van der Waals surface area contributed by atoms with E-state index >= 15 is 0 Å². The normalized spacial score (nSPS) is 19.8. The van der Waals surface area contributed by atoms with Crippen LogP contribution in [0.3, 0.4) is 0 Å². The summed E-state index contributed by atoms with van der Waals surface area (Å²) in [6.45, 7) is 4.39. The predicted octanol–water partition coefficient (Wildman–Crippen LogP) is 6.95. The van der Waals surface area contributed by atoms with E-state index in [0.717, 1.165) is 58.2 Å². The molecule has 2 saturated heterocycles. The number of benzene rings is 2. The highest BCUT2D eigenvalue weighted by Gasteiger charge is 2.42. The standard InChI is InChI=1S/C31H32ClN5OS/c1-21-14-18-35(19-15-21)27-13-10-23(20-25(27)32)37-30(29(34-31(37)39)26-6-3-4-16-33-26)28-7-5-17-36(28)22-8-11-24(38-2)12-9-22/h3-13,16-17,20-21,29-30H,14-15,18-19H2,1-2H3,(H,34,39)/t29-,30+/m1/s1. The quantitative estimate of drug-likeness (QED) is 0.259. The molecule has 0 amide bonds. The molecule has 200 valence electrons. The number of nitrogens with zero attached hydrogens (tertiary/aromatic N) is 4. The molecule has 0 bridgehead atoms. The molecule has 39 heavy (non-hydrogen) atoms. The predicted molar refractivity (Wildman–Crippen MR) is 162 cm³/mol. The van der Waals surface area contributed by atoms with E-state index in [4.69, 9.17) is 33.5 Å². The van der Waals surface area contributed by atoms with Gasteiger partial charge in [0.1, 0.15) is 11.8 Å². The van der Waals surface area contributed by atoms with Crippen LogP contribution in [0, 0.1) is 5.92 Å². The fraction of sp³-hybridized carbons (Fsp3) is 0.290. The first kappa shape index (κ1) is 25.7. The van der Waals surface area contributed by atoms with Crippen LogP contribution in [0.1, 0.15) is 43.2 Å². The highest BCUT2D eigenvalue weighted by atomic mass is 35.5. The molecule has 2 fully saturated rings. The second-order valence-corrected chi connectivity index (χ2v) is 11.1. The smallest absolute Gasteiger partial charge is 0.174 e. The van der Waals surface area contributed by atoms with E-state index in [9.17, 15) is 0 Å². The maximum absolute atomic E-state index is 6.95. The molecular formula is C31H32ClN5OS. The Hall–Kier alpha value is -3.55. The van der Waals surface area contributed by atoms with Gasteiger partial charge in [-0.05, 0) is 97.7 Å². The summed E-state index contributed by atoms with van der Waals surface area (Å²) in [5.74, 6) is 1.58. The van der Waals surface area contributed by atoms with Gasteiger partial charge in [-0.1, -0.05) is 24.6 Å². The lowest BCUT2D eigenvalue weighted by atomic mass is 9.98. The van der Waals surface area contributed by atoms with Crippen LogP contribution in [-0.2, 0) is 0 Å². The van der Waals surface area contributed by atoms with Gasteiger partial charge in [0.25, 0.3) is 0 Å². The second-order valence-electron chi connectivity index (χ2n) is 10.3. The minimum atomic E-state index is -0.151. The maximum atomic E-state index is 6.95. The molecule has 2 aromatic carbocycles. The first-order chi connectivity index (χ1) is 19.0. The van der Waals surface area contributed by atoms with Crippen molar-refractivity contribution in [3.63, 3.8) is 0 Å². The second kappa shape index (κ2) is 10.9. The van der Waals surface area contributed by atoms with Crippen LogP contribution in [0.25, 0.3) is 5.69 Å². The van der Waals surface area contributed by atoms with Crippen molar-refractivity contribution < 1.29 is 4.74 Å². The van der Waals surface area contributed by atoms with E-state index in [1.165, 1.54) is 12.8 Å². The van der Waals surface area contributed by atoms with Gasteiger partial charge in [0.2, 0.25) is 0 Å². The van der Waals surface area contributed by atoms with Crippen molar-refractivity contribution in [2.45, 2.75) is 31.8 Å². The highest BCUT2D eigenvalue weighted by Crippen LogP contribution is 2.44. The number of aromatic nitrogens is 2. The summed E-state index contributed by atoms with van der Waals surface area (Å²) < 4.78 is 7.58. The molecule has 4 heterocycles. The molecule has 8 heteroatoms. The van der Waals surface area contributed by atoms with Gasteiger partial charge in [-0.3, -0.25) is 4.98 Å². The average molecular weight is 558 g/mol. The van der Waals surface area contributed by atoms with Gasteiger partial charge in [-0.15, -0.1) is 0 Å². The van der Waals surface area contributed by atoms with E-state index in [1.807, 2.05) is 36.5 Å². The van der Waals surface area contributed by atoms with Gasteiger partial charge in [0.05, 0.1) is 29.6 Å². The van der Waals surface area contributed by atoms with Gasteiger partial charge in [-0.25, -0.2) is 0 Å². The summed E-state index contributed by atoms with van der Waals surface area (Å²) in [6.07, 6.45) is 6.29. The molecule has 0 aliphatic carbocycles. The minimum absolute atomic E-state index is 0.146. The molecule has 2 aliphatic heterocycles. The minimum Gasteiger partial charge on any atom is -0.497 e. The van der Waals surface area contributed by atoms with Crippen molar-refractivity contribution in [2.75, 3.05) is 30.0 Å². The largest absolute Gasteiger partial charge is 0.497 e. The van der Waals surface area contributed by atoms with Crippen molar-refractivity contribution in [2.24, 2.45) is 5.92 Å². The van der Waals surface area contributed by atoms with Crippen LogP contribution in [0.4, 0.5) is 11.4 Å². The molecule has 4 aromatic rings. The Bertz CT molecular complexity index is 1450. The van der Waals surface area contributed by atoms with Crippen LogP contribution in [0.5, 0.6) is 5.75 Å². The van der Waals surface area contributed by atoms with Crippen molar-refractivity contribution in [1.82, 2.24) is 14.9 Å². The number of anilines is 2. The van der Waals surface area contributed by atoms with Gasteiger partial charge in [0, 0.05) is 42.6 Å². The number of halogens is 1. The lowest BCUT2D eigenvalue weighted by molar-refractivity contribution is 0.414. The Balaban J connectivity index is 1.41. The van der Waals surface area contributed by atoms with E-state index in [1.54, 1.807) is 7.11 Å². The molecule has 0 radical (unpaired) electrons. The van der Waals surface area contributed by atoms with Crippen LogP contribution in [0.2, 0.25) is 5.02 Å². The highest BCUT2D eigenvalue weighted by molar-refractivity contribution is 7.80. The number of piperidine rings is 1. The SMILES string of the molecule is COc1ccc(-n2cccc2[C@H]2[C@@H](c3ccccn3)NC(=S)N2c2ccc(N3CCC(C)CC3)c(Cl)c2)cc1. The summed E-state index contributed by atoms with van der Waals surface area (Å²) in [5, 5.41) is 4.96. The third kappa shape index (κ3) is 4.97. The molecule has 0 spiro atoms. The monoisotopic (exact) mass is 557 g/mol. The molecule has 0 saturated carbocycles. The Morgan fingerprint density at radius 3 is 2.44 bits per heavy atom. The Kier molecular flexibility index (Phi) is 7.19. The molecule has 2 aliphatic rings. The van der Waals surface area contributed by atoms with Crippen LogP contribution < -0.4 is 19.9 Å². The fourth-order valence-corrected chi connectivity index (χ4v) is 6.34. The lowest BCUT2D eigenvalue weighted by Crippen LogP contribution is -2.33. The van der Waals surface area contributed by atoms with Crippen molar-refractivity contribution in [3.05, 3.63) is 102 Å². The molecule has 6 rings (SSSR count).